The van der Waals surface area contributed by atoms with E-state index in [1.54, 1.807) is 48.7 Å². The van der Waals surface area contributed by atoms with E-state index < -0.39 is 10.0 Å². The minimum atomic E-state index is -3.59. The Morgan fingerprint density at radius 3 is 2.48 bits per heavy atom. The SMILES string of the molecule is O=S(=O)(Nc1ccc(-c2cnc3[nH][c]nc3c2)cc1)c1ccccc1. The van der Waals surface area contributed by atoms with Gasteiger partial charge in [-0.1, -0.05) is 30.3 Å². The maximum atomic E-state index is 12.3. The zero-order valence-electron chi connectivity index (χ0n) is 13.0. The molecular formula is C18H13N4O2S. The van der Waals surface area contributed by atoms with E-state index in [9.17, 15) is 8.42 Å². The average molecular weight is 349 g/mol. The predicted octanol–water partition coefficient (Wildman–Crippen LogP) is 3.23. The number of sulfonamides is 1. The molecule has 0 atom stereocenters. The Bertz CT molecular complexity index is 1120. The number of H-pyrrole nitrogens is 1. The summed E-state index contributed by atoms with van der Waals surface area (Å²) < 4.78 is 27.2. The molecule has 2 N–H and O–H groups in total. The van der Waals surface area contributed by atoms with Gasteiger partial charge in [0.15, 0.2) is 12.0 Å². The van der Waals surface area contributed by atoms with Crippen LogP contribution in [0.15, 0.2) is 71.8 Å². The number of anilines is 1. The second-order valence-corrected chi connectivity index (χ2v) is 7.12. The standard InChI is InChI=1S/C18H13N4O2S/c23-25(24,16-4-2-1-3-5-16)22-15-8-6-13(7-9-15)14-10-17-18(19-11-14)21-12-20-17/h1-11,22H,(H,19,20,21). The smallest absolute Gasteiger partial charge is 0.261 e. The molecule has 0 aliphatic heterocycles. The molecule has 2 heterocycles. The van der Waals surface area contributed by atoms with Crippen molar-refractivity contribution >= 4 is 26.9 Å². The van der Waals surface area contributed by atoms with Crippen LogP contribution in [0, 0.1) is 6.33 Å². The highest BCUT2D eigenvalue weighted by Crippen LogP contribution is 2.24. The molecule has 0 bridgehead atoms. The fourth-order valence-corrected chi connectivity index (χ4v) is 3.56. The Morgan fingerprint density at radius 2 is 1.72 bits per heavy atom. The highest BCUT2D eigenvalue weighted by molar-refractivity contribution is 7.92. The van der Waals surface area contributed by atoms with Crippen LogP contribution in [0.2, 0.25) is 0 Å². The first kappa shape index (κ1) is 15.3. The monoisotopic (exact) mass is 349 g/mol. The number of nitrogens with one attached hydrogen (secondary N) is 2. The van der Waals surface area contributed by atoms with Crippen molar-refractivity contribution in [3.05, 3.63) is 73.2 Å². The van der Waals surface area contributed by atoms with Crippen molar-refractivity contribution in [2.45, 2.75) is 4.90 Å². The van der Waals surface area contributed by atoms with Gasteiger partial charge >= 0.3 is 0 Å². The molecule has 0 aliphatic rings. The minimum absolute atomic E-state index is 0.225. The van der Waals surface area contributed by atoms with Crippen molar-refractivity contribution < 1.29 is 8.42 Å². The summed E-state index contributed by atoms with van der Waals surface area (Å²) in [5, 5.41) is 0. The van der Waals surface area contributed by atoms with Gasteiger partial charge < -0.3 is 4.98 Å². The third-order valence-electron chi connectivity index (χ3n) is 3.74. The average Bonchev–Trinajstić information content (AvgIpc) is 3.10. The van der Waals surface area contributed by atoms with E-state index in [0.29, 0.717) is 11.3 Å². The van der Waals surface area contributed by atoms with Gasteiger partial charge in [-0.2, -0.15) is 0 Å². The van der Waals surface area contributed by atoms with Crippen molar-refractivity contribution in [1.29, 1.82) is 0 Å². The molecule has 123 valence electrons. The molecule has 4 rings (SSSR count). The third kappa shape index (κ3) is 3.09. The highest BCUT2D eigenvalue weighted by atomic mass is 32.2. The first-order valence-electron chi connectivity index (χ1n) is 7.52. The van der Waals surface area contributed by atoms with Gasteiger partial charge in [-0.05, 0) is 35.9 Å². The second-order valence-electron chi connectivity index (χ2n) is 5.44. The summed E-state index contributed by atoms with van der Waals surface area (Å²) in [7, 11) is -3.59. The summed E-state index contributed by atoms with van der Waals surface area (Å²) >= 11 is 0. The maximum absolute atomic E-state index is 12.3. The molecule has 0 unspecified atom stereocenters. The maximum Gasteiger partial charge on any atom is 0.261 e. The Hall–Kier alpha value is -3.19. The minimum Gasteiger partial charge on any atom is -0.320 e. The highest BCUT2D eigenvalue weighted by Gasteiger charge is 2.13. The van der Waals surface area contributed by atoms with E-state index in [0.717, 1.165) is 16.6 Å². The molecule has 0 amide bonds. The molecule has 6 nitrogen and oxygen atoms in total. The molecule has 0 saturated heterocycles. The topological polar surface area (TPSA) is 87.7 Å². The van der Waals surface area contributed by atoms with Gasteiger partial charge in [-0.25, -0.2) is 18.4 Å². The lowest BCUT2D eigenvalue weighted by Gasteiger charge is -2.09. The number of aromatic nitrogens is 3. The van der Waals surface area contributed by atoms with Crippen LogP contribution in [-0.4, -0.2) is 23.4 Å². The van der Waals surface area contributed by atoms with Crippen LogP contribution in [0.4, 0.5) is 5.69 Å². The molecule has 2 aromatic carbocycles. The van der Waals surface area contributed by atoms with E-state index in [4.69, 9.17) is 0 Å². The zero-order valence-corrected chi connectivity index (χ0v) is 13.8. The third-order valence-corrected chi connectivity index (χ3v) is 5.14. The van der Waals surface area contributed by atoms with Crippen LogP contribution in [0.1, 0.15) is 0 Å². The predicted molar refractivity (Wildman–Crippen MR) is 95.4 cm³/mol. The molecule has 1 radical (unpaired) electrons. The molecule has 7 heteroatoms. The lowest BCUT2D eigenvalue weighted by molar-refractivity contribution is 0.601. The summed E-state index contributed by atoms with van der Waals surface area (Å²) in [5.74, 6) is 0. The summed E-state index contributed by atoms with van der Waals surface area (Å²) in [6.45, 7) is 0. The number of benzene rings is 2. The van der Waals surface area contributed by atoms with Gasteiger partial charge in [-0.3, -0.25) is 4.72 Å². The van der Waals surface area contributed by atoms with Crippen molar-refractivity contribution in [2.75, 3.05) is 4.72 Å². The van der Waals surface area contributed by atoms with Crippen LogP contribution in [-0.2, 0) is 10.0 Å². The number of hydrogen-bond acceptors (Lipinski definition) is 4. The molecule has 0 aliphatic carbocycles. The summed E-state index contributed by atoms with van der Waals surface area (Å²) in [5.41, 5.74) is 3.71. The lowest BCUT2D eigenvalue weighted by Crippen LogP contribution is -2.12. The number of aromatic amines is 1. The Kier molecular flexibility index (Phi) is 3.70. The number of hydrogen-bond donors (Lipinski definition) is 2. The van der Waals surface area contributed by atoms with Crippen LogP contribution in [0.3, 0.4) is 0 Å². The van der Waals surface area contributed by atoms with Gasteiger partial charge in [0.25, 0.3) is 10.0 Å². The molecule has 0 spiro atoms. The summed E-state index contributed by atoms with van der Waals surface area (Å²) in [6.07, 6.45) is 4.39. The lowest BCUT2D eigenvalue weighted by atomic mass is 10.1. The zero-order chi connectivity index (χ0) is 17.3. The number of imidazole rings is 1. The van der Waals surface area contributed by atoms with Gasteiger partial charge in [0.05, 0.1) is 4.90 Å². The molecule has 2 aromatic heterocycles. The van der Waals surface area contributed by atoms with Crippen LogP contribution >= 0.6 is 0 Å². The molecular weight excluding hydrogens is 336 g/mol. The Labute approximate surface area is 144 Å². The van der Waals surface area contributed by atoms with E-state index >= 15 is 0 Å². The van der Waals surface area contributed by atoms with Crippen molar-refractivity contribution in [2.24, 2.45) is 0 Å². The number of rotatable bonds is 4. The van der Waals surface area contributed by atoms with Gasteiger partial charge in [-0.15, -0.1) is 0 Å². The molecule has 4 aromatic rings. The number of nitrogens with zero attached hydrogens (tertiary/aromatic N) is 2. The summed E-state index contributed by atoms with van der Waals surface area (Å²) in [6, 6.07) is 17.3. The molecule has 25 heavy (non-hydrogen) atoms. The first-order valence-corrected chi connectivity index (χ1v) is 9.00. The van der Waals surface area contributed by atoms with Gasteiger partial charge in [0, 0.05) is 17.4 Å². The van der Waals surface area contributed by atoms with Crippen LogP contribution < -0.4 is 4.72 Å². The van der Waals surface area contributed by atoms with E-state index in [2.05, 4.69) is 26.0 Å². The first-order chi connectivity index (χ1) is 12.1. The Balaban J connectivity index is 1.59. The van der Waals surface area contributed by atoms with Crippen molar-refractivity contribution in [1.82, 2.24) is 15.0 Å². The van der Waals surface area contributed by atoms with E-state index in [1.165, 1.54) is 0 Å². The summed E-state index contributed by atoms with van der Waals surface area (Å²) in [4.78, 5) is 11.4. The fraction of sp³-hybridized carbons (Fsp3) is 0. The van der Waals surface area contributed by atoms with E-state index in [-0.39, 0.29) is 4.90 Å². The quantitative estimate of drug-likeness (QED) is 0.592. The molecule has 0 fully saturated rings. The van der Waals surface area contributed by atoms with Crippen LogP contribution in [0.5, 0.6) is 0 Å². The molecule has 0 saturated carbocycles. The van der Waals surface area contributed by atoms with Gasteiger partial charge in [0.2, 0.25) is 0 Å². The largest absolute Gasteiger partial charge is 0.320 e. The Morgan fingerprint density at radius 1 is 0.960 bits per heavy atom. The van der Waals surface area contributed by atoms with Crippen LogP contribution in [0.25, 0.3) is 22.3 Å². The van der Waals surface area contributed by atoms with E-state index in [1.807, 2.05) is 18.2 Å². The van der Waals surface area contributed by atoms with Crippen molar-refractivity contribution in [3.63, 3.8) is 0 Å². The number of fused-ring (bicyclic) bond motifs is 1. The fourth-order valence-electron chi connectivity index (χ4n) is 2.48. The van der Waals surface area contributed by atoms with Gasteiger partial charge in [0.1, 0.15) is 5.52 Å². The van der Waals surface area contributed by atoms with Crippen molar-refractivity contribution in [3.8, 4) is 11.1 Å². The normalized spacial score (nSPS) is 11.5. The second kappa shape index (κ2) is 6.03. The number of pyridine rings is 1.